The fraction of sp³-hybridized carbons (Fsp3) is 0.348. The van der Waals surface area contributed by atoms with E-state index in [1.54, 1.807) is 24.4 Å². The fourth-order valence-electron chi connectivity index (χ4n) is 9.02. The van der Waals surface area contributed by atoms with E-state index in [0.717, 1.165) is 52.1 Å². The van der Waals surface area contributed by atoms with Crippen LogP contribution in [0.2, 0.25) is 0 Å². The van der Waals surface area contributed by atoms with Crippen LogP contribution in [0, 0.1) is 18.8 Å². The molecule has 3 aromatic carbocycles. The Bertz CT molecular complexity index is 2750. The smallest absolute Gasteiger partial charge is 0.310 e. The van der Waals surface area contributed by atoms with Gasteiger partial charge in [-0.15, -0.1) is 0 Å². The van der Waals surface area contributed by atoms with Crippen LogP contribution in [0.4, 0.5) is 16.6 Å². The minimum absolute atomic E-state index is 0.0541. The number of anilines is 3. The van der Waals surface area contributed by atoms with Gasteiger partial charge in [0.05, 0.1) is 34.3 Å². The van der Waals surface area contributed by atoms with Gasteiger partial charge in [0.15, 0.2) is 5.13 Å². The van der Waals surface area contributed by atoms with Crippen molar-refractivity contribution < 1.29 is 27.5 Å². The first-order valence-corrected chi connectivity index (χ1v) is 23.4. The molecule has 1 saturated heterocycles. The molecule has 1 atom stereocenters. The highest BCUT2D eigenvalue weighted by molar-refractivity contribution is 7.90. The number of carbonyl (C=O) groups is 3. The number of rotatable bonds is 11. The van der Waals surface area contributed by atoms with Crippen LogP contribution in [0.5, 0.6) is 0 Å². The minimum atomic E-state index is -4.34. The average Bonchev–Trinajstić information content (AvgIpc) is 4.04. The Morgan fingerprint density at radius 1 is 0.855 bits per heavy atom. The molecule has 0 radical (unpaired) electrons. The van der Waals surface area contributed by atoms with Crippen LogP contribution in [-0.2, 0) is 39.1 Å². The number of aromatic nitrogens is 4. The van der Waals surface area contributed by atoms with E-state index in [0.29, 0.717) is 72.6 Å². The highest BCUT2D eigenvalue weighted by atomic mass is 32.2. The lowest BCUT2D eigenvalue weighted by atomic mass is 9.89. The van der Waals surface area contributed by atoms with Crippen LogP contribution in [0.15, 0.2) is 90.0 Å². The predicted octanol–water partition coefficient (Wildman–Crippen LogP) is 7.38. The van der Waals surface area contributed by atoms with Gasteiger partial charge < -0.3 is 14.5 Å². The van der Waals surface area contributed by atoms with Crippen molar-refractivity contribution in [3.05, 3.63) is 113 Å². The van der Waals surface area contributed by atoms with Crippen LogP contribution in [-0.4, -0.2) is 72.7 Å². The van der Waals surface area contributed by atoms with E-state index in [4.69, 9.17) is 14.8 Å². The molecule has 1 saturated carbocycles. The van der Waals surface area contributed by atoms with Crippen LogP contribution >= 0.6 is 11.3 Å². The molecule has 14 nitrogen and oxygen atoms in total. The maximum atomic E-state index is 14.4. The summed E-state index contributed by atoms with van der Waals surface area (Å²) in [5, 5.41) is 8.24. The Morgan fingerprint density at radius 2 is 1.66 bits per heavy atom. The number of esters is 1. The number of pyridine rings is 1. The van der Waals surface area contributed by atoms with Crippen molar-refractivity contribution in [1.29, 1.82) is 0 Å². The molecule has 3 aliphatic rings. The Labute approximate surface area is 364 Å². The second-order valence-electron chi connectivity index (χ2n) is 16.3. The van der Waals surface area contributed by atoms with E-state index in [2.05, 4.69) is 15.0 Å². The number of nitrogens with zero attached hydrogens (tertiary/aromatic N) is 6. The zero-order chi connectivity index (χ0) is 43.0. The van der Waals surface area contributed by atoms with Gasteiger partial charge in [-0.2, -0.15) is 5.10 Å². The summed E-state index contributed by atoms with van der Waals surface area (Å²) >= 11 is 1.41. The molecule has 2 N–H and O–H groups in total. The van der Waals surface area contributed by atoms with Gasteiger partial charge in [-0.3, -0.25) is 24.4 Å². The lowest BCUT2D eigenvalue weighted by molar-refractivity contribution is -0.144. The Morgan fingerprint density at radius 3 is 2.45 bits per heavy atom. The fourth-order valence-corrected chi connectivity index (χ4v) is 10.8. The zero-order valence-electron chi connectivity index (χ0n) is 34.7. The van der Waals surface area contributed by atoms with Crippen molar-refractivity contribution in [2.24, 2.45) is 11.8 Å². The van der Waals surface area contributed by atoms with Crippen LogP contribution < -0.4 is 19.8 Å². The summed E-state index contributed by atoms with van der Waals surface area (Å²) in [6.45, 7) is 4.74. The van der Waals surface area contributed by atoms with E-state index < -0.39 is 15.9 Å². The van der Waals surface area contributed by atoms with Crippen molar-refractivity contribution in [2.45, 2.75) is 69.9 Å². The number of benzene rings is 3. The largest absolute Gasteiger partial charge is 0.469 e. The van der Waals surface area contributed by atoms with Gasteiger partial charge in [-0.25, -0.2) is 23.1 Å². The average molecular weight is 873 g/mol. The minimum Gasteiger partial charge on any atom is -0.469 e. The number of carbonyl (C=O) groups excluding carboxylic acids is 3. The standard InChI is InChI=1S/C46H48N8O6S2/c1-29-37(25-47-54(29)26-30-9-4-3-5-10-30)35-19-20-41(49-42(35)44(56)51-62(58,59)34-17-15-33(16-18-34)52-23-22-32(27-52)45(57)60-2)53-24-21-31-11-8-12-36(38(31)28-53)43(55)50-46-48-39-13-6-7-14-40(39)61-46/h6-8,11-20,25,30,32H,3-5,9-10,21-24,26-28H2,1-2H3,(H,51,56)(H,48,50,55)/t32-/m1/s1. The molecule has 16 heteroatoms. The summed E-state index contributed by atoms with van der Waals surface area (Å²) in [6.07, 6.45) is 8.95. The summed E-state index contributed by atoms with van der Waals surface area (Å²) < 4.78 is 37.9. The number of nitrogens with one attached hydrogen (secondary N) is 2. The first-order valence-electron chi connectivity index (χ1n) is 21.1. The van der Waals surface area contributed by atoms with E-state index >= 15 is 0 Å². The summed E-state index contributed by atoms with van der Waals surface area (Å²) in [5.41, 5.74) is 5.95. The second kappa shape index (κ2) is 17.3. The number of thiazole rings is 1. The topological polar surface area (TPSA) is 169 Å². The lowest BCUT2D eigenvalue weighted by Gasteiger charge is -2.31. The van der Waals surface area contributed by atoms with E-state index in [1.807, 2.05) is 69.9 Å². The van der Waals surface area contributed by atoms with Crippen molar-refractivity contribution in [2.75, 3.05) is 41.9 Å². The molecule has 2 amide bonds. The number of amides is 2. The lowest BCUT2D eigenvalue weighted by Crippen LogP contribution is -2.34. The zero-order valence-corrected chi connectivity index (χ0v) is 36.3. The summed E-state index contributed by atoms with van der Waals surface area (Å²) in [6, 6.07) is 23.3. The van der Waals surface area contributed by atoms with Crippen LogP contribution in [0.3, 0.4) is 0 Å². The normalized spacial score (nSPS) is 16.9. The van der Waals surface area contributed by atoms with Crippen LogP contribution in [0.1, 0.15) is 76.2 Å². The first kappa shape index (κ1) is 41.2. The quantitative estimate of drug-likeness (QED) is 0.125. The van der Waals surface area contributed by atoms with Crippen LogP contribution in [0.25, 0.3) is 21.3 Å². The third kappa shape index (κ3) is 8.40. The molecule has 320 valence electrons. The molecule has 6 aromatic rings. The Balaban J connectivity index is 0.998. The van der Waals surface area contributed by atoms with Crippen molar-refractivity contribution in [1.82, 2.24) is 24.5 Å². The monoisotopic (exact) mass is 872 g/mol. The van der Waals surface area contributed by atoms with E-state index in [9.17, 15) is 22.8 Å². The van der Waals surface area contributed by atoms with E-state index in [1.165, 1.54) is 49.8 Å². The highest BCUT2D eigenvalue weighted by Gasteiger charge is 2.31. The predicted molar refractivity (Wildman–Crippen MR) is 239 cm³/mol. The van der Waals surface area contributed by atoms with Gasteiger partial charge in [-0.05, 0) is 104 Å². The molecule has 2 aliphatic heterocycles. The number of para-hydroxylation sites is 1. The molecule has 9 rings (SSSR count). The van der Waals surface area contributed by atoms with Gasteiger partial charge in [0.2, 0.25) is 0 Å². The molecule has 1 aliphatic carbocycles. The molecule has 3 aromatic heterocycles. The summed E-state index contributed by atoms with van der Waals surface area (Å²) in [5.74, 6) is -0.674. The highest BCUT2D eigenvalue weighted by Crippen LogP contribution is 2.34. The number of ether oxygens (including phenoxy) is 1. The molecule has 0 unspecified atom stereocenters. The third-order valence-electron chi connectivity index (χ3n) is 12.5. The van der Waals surface area contributed by atoms with Gasteiger partial charge in [0.25, 0.3) is 21.8 Å². The number of sulfonamides is 1. The van der Waals surface area contributed by atoms with Gasteiger partial charge in [0, 0.05) is 60.8 Å². The Hall–Kier alpha value is -6.13. The maximum absolute atomic E-state index is 14.4. The van der Waals surface area contributed by atoms with Crippen molar-refractivity contribution in [3.8, 4) is 11.1 Å². The second-order valence-corrected chi connectivity index (χ2v) is 19.0. The molecular weight excluding hydrogens is 825 g/mol. The molecule has 2 fully saturated rings. The van der Waals surface area contributed by atoms with Gasteiger partial charge >= 0.3 is 5.97 Å². The molecular formula is C46H48N8O6S2. The van der Waals surface area contributed by atoms with Gasteiger partial charge in [-0.1, -0.05) is 54.9 Å². The number of hydrogen-bond acceptors (Lipinski definition) is 12. The first-order chi connectivity index (χ1) is 30.0. The number of methoxy groups -OCH3 is 1. The number of fused-ring (bicyclic) bond motifs is 2. The summed E-state index contributed by atoms with van der Waals surface area (Å²) in [4.78, 5) is 53.7. The SMILES string of the molecule is COC(=O)[C@@H]1CCN(c2ccc(S(=O)(=O)NC(=O)c3nc(N4CCc5cccc(C(=O)Nc6nc7ccccc7s6)c5C4)ccc3-c3cnn(CC4CCCCC4)c3C)cc2)C1. The number of hydrogen-bond donors (Lipinski definition) is 2. The summed E-state index contributed by atoms with van der Waals surface area (Å²) in [7, 11) is -2.97. The maximum Gasteiger partial charge on any atom is 0.310 e. The van der Waals surface area contributed by atoms with Crippen molar-refractivity contribution in [3.63, 3.8) is 0 Å². The third-order valence-corrected chi connectivity index (χ3v) is 14.8. The molecule has 0 bridgehead atoms. The molecule has 5 heterocycles. The van der Waals surface area contributed by atoms with Gasteiger partial charge in [0.1, 0.15) is 11.5 Å². The molecule has 0 spiro atoms. The van der Waals surface area contributed by atoms with Crippen molar-refractivity contribution >= 4 is 66.0 Å². The Kier molecular flexibility index (Phi) is 11.5. The van der Waals surface area contributed by atoms with E-state index in [-0.39, 0.29) is 28.4 Å². The molecule has 62 heavy (non-hydrogen) atoms.